The Bertz CT molecular complexity index is 1470. The van der Waals surface area contributed by atoms with Gasteiger partial charge in [0.25, 0.3) is 0 Å². The predicted molar refractivity (Wildman–Crippen MR) is 340 cm³/mol. The summed E-state index contributed by atoms with van der Waals surface area (Å²) in [7, 11) is 0. The number of unbranched alkanes of at least 4 members (excludes halogenated alkanes) is 34. The second kappa shape index (κ2) is 66.1. The Morgan fingerprint density at radius 3 is 0.921 bits per heavy atom. The van der Waals surface area contributed by atoms with E-state index in [-0.39, 0.29) is 12.5 Å². The van der Waals surface area contributed by atoms with Crippen LogP contribution < -0.4 is 5.32 Å². The molecule has 0 aliphatic heterocycles. The fourth-order valence-electron chi connectivity index (χ4n) is 9.51. The molecule has 0 saturated heterocycles. The van der Waals surface area contributed by atoms with Crippen LogP contribution in [0.3, 0.4) is 0 Å². The summed E-state index contributed by atoms with van der Waals surface area (Å²) < 4.78 is 0. The number of carbonyl (C=O) groups excluding carboxylic acids is 1. The summed E-state index contributed by atoms with van der Waals surface area (Å²) in [6.45, 7) is 4.20. The van der Waals surface area contributed by atoms with Crippen molar-refractivity contribution in [2.45, 2.75) is 321 Å². The van der Waals surface area contributed by atoms with E-state index in [2.05, 4.69) is 129 Å². The first-order valence-electron chi connectivity index (χ1n) is 32.7. The molecule has 4 nitrogen and oxygen atoms in total. The highest BCUT2D eigenvalue weighted by Crippen LogP contribution is 2.17. The first kappa shape index (κ1) is 72.8. The molecule has 2 atom stereocenters. The van der Waals surface area contributed by atoms with E-state index in [0.717, 1.165) is 96.3 Å². The second-order valence-corrected chi connectivity index (χ2v) is 21.8. The van der Waals surface area contributed by atoms with Crippen molar-refractivity contribution in [1.82, 2.24) is 5.32 Å². The summed E-state index contributed by atoms with van der Waals surface area (Å²) in [6.07, 6.45) is 101. The minimum atomic E-state index is -0.876. The van der Waals surface area contributed by atoms with Gasteiger partial charge >= 0.3 is 0 Å². The molecular formula is C72H125NO3. The number of amides is 1. The molecule has 76 heavy (non-hydrogen) atoms. The highest BCUT2D eigenvalue weighted by molar-refractivity contribution is 5.76. The van der Waals surface area contributed by atoms with Gasteiger partial charge in [0.2, 0.25) is 5.91 Å². The van der Waals surface area contributed by atoms with E-state index in [1.165, 1.54) is 193 Å². The van der Waals surface area contributed by atoms with Crippen LogP contribution in [-0.2, 0) is 4.79 Å². The summed E-state index contributed by atoms with van der Waals surface area (Å²) >= 11 is 0. The Labute approximate surface area is 473 Å². The Balaban J connectivity index is 3.58. The van der Waals surface area contributed by atoms with Gasteiger partial charge in [-0.25, -0.2) is 0 Å². The maximum atomic E-state index is 12.5. The lowest BCUT2D eigenvalue weighted by Crippen LogP contribution is -2.45. The van der Waals surface area contributed by atoms with Crippen molar-refractivity contribution < 1.29 is 15.0 Å². The van der Waals surface area contributed by atoms with Crippen molar-refractivity contribution in [2.75, 3.05) is 6.61 Å². The van der Waals surface area contributed by atoms with Crippen LogP contribution in [0.4, 0.5) is 0 Å². The summed E-state index contributed by atoms with van der Waals surface area (Å²) in [4.78, 5) is 12.5. The monoisotopic (exact) mass is 1050 g/mol. The molecule has 0 bridgehead atoms. The van der Waals surface area contributed by atoms with Crippen LogP contribution in [0.15, 0.2) is 122 Å². The zero-order valence-corrected chi connectivity index (χ0v) is 50.2. The fraction of sp³-hybridized carbons (Fsp3) is 0.708. The Hall–Kier alpha value is -3.21. The van der Waals surface area contributed by atoms with Crippen molar-refractivity contribution in [1.29, 1.82) is 0 Å². The van der Waals surface area contributed by atoms with Gasteiger partial charge in [0.15, 0.2) is 0 Å². The van der Waals surface area contributed by atoms with E-state index in [1.807, 2.05) is 6.08 Å². The van der Waals surface area contributed by atoms with Crippen LogP contribution in [0.5, 0.6) is 0 Å². The molecule has 0 radical (unpaired) electrons. The minimum Gasteiger partial charge on any atom is -0.394 e. The van der Waals surface area contributed by atoms with Crippen molar-refractivity contribution in [2.24, 2.45) is 0 Å². The topological polar surface area (TPSA) is 69.6 Å². The summed E-state index contributed by atoms with van der Waals surface area (Å²) in [5.41, 5.74) is 0. The number of rotatable bonds is 59. The maximum Gasteiger partial charge on any atom is 0.220 e. The predicted octanol–water partition coefficient (Wildman–Crippen LogP) is 22.4. The summed E-state index contributed by atoms with van der Waals surface area (Å²) in [6, 6.07) is -0.654. The van der Waals surface area contributed by atoms with Crippen LogP contribution in [-0.4, -0.2) is 34.9 Å². The lowest BCUT2D eigenvalue weighted by molar-refractivity contribution is -0.123. The van der Waals surface area contributed by atoms with Crippen LogP contribution in [0.1, 0.15) is 309 Å². The first-order chi connectivity index (χ1) is 37.7. The van der Waals surface area contributed by atoms with E-state index in [1.54, 1.807) is 6.08 Å². The Morgan fingerprint density at radius 1 is 0.329 bits per heavy atom. The molecule has 0 spiro atoms. The molecule has 1 amide bonds. The Morgan fingerprint density at radius 2 is 0.592 bits per heavy atom. The van der Waals surface area contributed by atoms with Crippen LogP contribution in [0, 0.1) is 0 Å². The van der Waals surface area contributed by atoms with E-state index in [4.69, 9.17) is 0 Å². The average Bonchev–Trinajstić information content (AvgIpc) is 3.42. The van der Waals surface area contributed by atoms with Crippen LogP contribution in [0.25, 0.3) is 0 Å². The highest BCUT2D eigenvalue weighted by atomic mass is 16.3. The molecule has 0 fully saturated rings. The lowest BCUT2D eigenvalue weighted by atomic mass is 10.0. The van der Waals surface area contributed by atoms with Crippen LogP contribution >= 0.6 is 0 Å². The van der Waals surface area contributed by atoms with Gasteiger partial charge in [-0.3, -0.25) is 4.79 Å². The average molecular weight is 1050 g/mol. The minimum absolute atomic E-state index is 0.0845. The van der Waals surface area contributed by atoms with Gasteiger partial charge in [-0.15, -0.1) is 0 Å². The van der Waals surface area contributed by atoms with Gasteiger partial charge in [0.05, 0.1) is 18.8 Å². The molecule has 0 aromatic carbocycles. The number of hydrogen-bond acceptors (Lipinski definition) is 3. The van der Waals surface area contributed by atoms with Crippen molar-refractivity contribution in [3.05, 3.63) is 122 Å². The zero-order valence-electron chi connectivity index (χ0n) is 50.2. The largest absolute Gasteiger partial charge is 0.394 e. The van der Waals surface area contributed by atoms with E-state index < -0.39 is 12.1 Å². The smallest absolute Gasteiger partial charge is 0.220 e. The molecule has 3 N–H and O–H groups in total. The molecular weight excluding hydrogens is 927 g/mol. The zero-order chi connectivity index (χ0) is 54.8. The van der Waals surface area contributed by atoms with Gasteiger partial charge in [0, 0.05) is 6.42 Å². The standard InChI is InChI=1S/C72H125NO3/c1-3-5-7-9-11-13-15-17-19-21-23-25-27-29-31-33-35-36-38-40-42-44-46-48-50-52-54-56-58-60-62-64-66-68-72(76)73-70(69-74)71(75)67-65-63-61-59-57-55-53-51-49-47-45-43-41-39-37-34-32-30-28-26-24-22-20-18-16-14-12-10-8-6-4-2/h5,7,11,13,17,19,23,25,29,31,35-36,40,42,46,48,57,59,65,67,70-71,74-75H,3-4,6,8-10,12,14-16,18,20-22,24,26-28,30,32-34,37-39,41,43-45,47,49-56,58,60-64,66,68-69H2,1-2H3,(H,73,76)/b7-5-,13-11-,19-17-,25-23-,31-29-,36-35-,42-40-,48-46-,59-57+,67-65+. The van der Waals surface area contributed by atoms with E-state index in [9.17, 15) is 15.0 Å². The molecule has 0 aliphatic rings. The lowest BCUT2D eigenvalue weighted by Gasteiger charge is -2.19. The SMILES string of the molecule is CC/C=C\C/C=C\C/C=C\C/C=C\C/C=C\C/C=C\C/C=C\C/C=C\CCCCCCCCCCC(=O)NC(CO)C(O)/C=C/CC/C=C/CCCCCCCCCCCCCCCCCCCCCCCCCCC. The molecule has 0 aliphatic carbocycles. The van der Waals surface area contributed by atoms with Crippen molar-refractivity contribution in [3.8, 4) is 0 Å². The second-order valence-electron chi connectivity index (χ2n) is 21.8. The molecule has 0 saturated carbocycles. The number of nitrogens with one attached hydrogen (secondary N) is 1. The van der Waals surface area contributed by atoms with Gasteiger partial charge < -0.3 is 15.5 Å². The third-order valence-corrected chi connectivity index (χ3v) is 14.4. The maximum absolute atomic E-state index is 12.5. The summed E-state index contributed by atoms with van der Waals surface area (Å²) in [5.74, 6) is -0.0845. The molecule has 0 rings (SSSR count). The Kier molecular flexibility index (Phi) is 63.3. The van der Waals surface area contributed by atoms with E-state index >= 15 is 0 Å². The van der Waals surface area contributed by atoms with Crippen molar-refractivity contribution >= 4 is 5.91 Å². The van der Waals surface area contributed by atoms with Crippen molar-refractivity contribution in [3.63, 3.8) is 0 Å². The number of allylic oxidation sites excluding steroid dienone is 19. The molecule has 4 heteroatoms. The van der Waals surface area contributed by atoms with Gasteiger partial charge in [-0.1, -0.05) is 328 Å². The highest BCUT2D eigenvalue weighted by Gasteiger charge is 2.18. The molecule has 436 valence electrons. The number of carbonyl (C=O) groups is 1. The van der Waals surface area contributed by atoms with Gasteiger partial charge in [-0.2, -0.15) is 0 Å². The van der Waals surface area contributed by atoms with Crippen LogP contribution in [0.2, 0.25) is 0 Å². The molecule has 0 aromatic rings. The molecule has 0 heterocycles. The first-order valence-corrected chi connectivity index (χ1v) is 32.7. The van der Waals surface area contributed by atoms with E-state index in [0.29, 0.717) is 6.42 Å². The fourth-order valence-corrected chi connectivity index (χ4v) is 9.51. The quantitative estimate of drug-likeness (QED) is 0.0420. The third kappa shape index (κ3) is 61.6. The third-order valence-electron chi connectivity index (χ3n) is 14.4. The number of aliphatic hydroxyl groups is 2. The normalized spacial score (nSPS) is 13.6. The number of aliphatic hydroxyl groups excluding tert-OH is 2. The molecule has 2 unspecified atom stereocenters. The van der Waals surface area contributed by atoms with Gasteiger partial charge in [0.1, 0.15) is 0 Å². The summed E-state index contributed by atoms with van der Waals surface area (Å²) in [5, 5.41) is 23.2. The molecule has 0 aromatic heterocycles. The van der Waals surface area contributed by atoms with Gasteiger partial charge in [-0.05, 0) is 96.3 Å². The number of hydrogen-bond donors (Lipinski definition) is 3.